The number of fused-ring (bicyclic) bond motifs is 1. The van der Waals surface area contributed by atoms with E-state index in [-0.39, 0.29) is 11.9 Å². The number of anilines is 1. The number of hydrogen-bond donors (Lipinski definition) is 1. The standard InChI is InChI=1S/C16H18ClN3O/c1-10-3-6-15-11(2)20(8-7-19(10)15)16(21)12-4-5-13(17)14(18)9-12/h3-6,9,11H,7-8,18H2,1-2H3. The van der Waals surface area contributed by atoms with Crippen molar-refractivity contribution in [2.45, 2.75) is 26.4 Å². The van der Waals surface area contributed by atoms with Gasteiger partial charge in [-0.3, -0.25) is 4.79 Å². The molecule has 1 aromatic carbocycles. The molecule has 110 valence electrons. The highest BCUT2D eigenvalue weighted by molar-refractivity contribution is 6.33. The van der Waals surface area contributed by atoms with Crippen molar-refractivity contribution in [3.05, 3.63) is 52.3 Å². The molecule has 2 aromatic rings. The fraction of sp³-hybridized carbons (Fsp3) is 0.312. The van der Waals surface area contributed by atoms with Crippen LogP contribution in [0, 0.1) is 6.92 Å². The van der Waals surface area contributed by atoms with Gasteiger partial charge in [-0.05, 0) is 44.2 Å². The van der Waals surface area contributed by atoms with Gasteiger partial charge in [0.05, 0.1) is 16.8 Å². The van der Waals surface area contributed by atoms with Crippen LogP contribution in [0.25, 0.3) is 0 Å². The number of nitrogens with two attached hydrogens (primary N) is 1. The number of benzene rings is 1. The molecule has 1 aliphatic heterocycles. The molecule has 1 aliphatic rings. The quantitative estimate of drug-likeness (QED) is 0.822. The summed E-state index contributed by atoms with van der Waals surface area (Å²) >= 11 is 5.92. The summed E-state index contributed by atoms with van der Waals surface area (Å²) in [6.07, 6.45) is 0. The fourth-order valence-electron chi connectivity index (χ4n) is 2.94. The summed E-state index contributed by atoms with van der Waals surface area (Å²) in [6.45, 7) is 5.67. The van der Waals surface area contributed by atoms with Gasteiger partial charge in [0.2, 0.25) is 0 Å². The third-order valence-electron chi connectivity index (χ3n) is 4.20. The monoisotopic (exact) mass is 303 g/mol. The zero-order valence-corrected chi connectivity index (χ0v) is 12.9. The van der Waals surface area contributed by atoms with Crippen LogP contribution in [0.5, 0.6) is 0 Å². The molecule has 0 radical (unpaired) electrons. The first-order chi connectivity index (χ1) is 9.99. The smallest absolute Gasteiger partial charge is 0.254 e. The predicted octanol–water partition coefficient (Wildman–Crippen LogP) is 3.25. The molecule has 5 heteroatoms. The molecule has 0 fully saturated rings. The van der Waals surface area contributed by atoms with Gasteiger partial charge >= 0.3 is 0 Å². The summed E-state index contributed by atoms with van der Waals surface area (Å²) in [7, 11) is 0. The minimum Gasteiger partial charge on any atom is -0.398 e. The van der Waals surface area contributed by atoms with Gasteiger partial charge in [0.25, 0.3) is 5.91 Å². The maximum atomic E-state index is 12.7. The van der Waals surface area contributed by atoms with Gasteiger partial charge in [-0.25, -0.2) is 0 Å². The number of amides is 1. The van der Waals surface area contributed by atoms with Gasteiger partial charge in [0, 0.05) is 30.0 Å². The second kappa shape index (κ2) is 5.11. The highest BCUT2D eigenvalue weighted by atomic mass is 35.5. The van der Waals surface area contributed by atoms with Crippen molar-refractivity contribution >= 4 is 23.2 Å². The predicted molar refractivity (Wildman–Crippen MR) is 84.5 cm³/mol. The number of aromatic nitrogens is 1. The molecule has 1 unspecified atom stereocenters. The second-order valence-corrected chi connectivity index (χ2v) is 5.87. The number of nitrogen functional groups attached to an aromatic ring is 1. The molecule has 0 saturated carbocycles. The van der Waals surface area contributed by atoms with E-state index in [1.165, 1.54) is 11.4 Å². The Morgan fingerprint density at radius 1 is 1.29 bits per heavy atom. The van der Waals surface area contributed by atoms with Gasteiger partial charge in [0.1, 0.15) is 0 Å². The van der Waals surface area contributed by atoms with Crippen molar-refractivity contribution in [1.29, 1.82) is 0 Å². The summed E-state index contributed by atoms with van der Waals surface area (Å²) in [5, 5.41) is 0.475. The van der Waals surface area contributed by atoms with E-state index in [0.717, 1.165) is 6.54 Å². The normalized spacial score (nSPS) is 17.7. The molecular weight excluding hydrogens is 286 g/mol. The highest BCUT2D eigenvalue weighted by Crippen LogP contribution is 2.29. The van der Waals surface area contributed by atoms with E-state index < -0.39 is 0 Å². The van der Waals surface area contributed by atoms with Crippen LogP contribution < -0.4 is 5.73 Å². The van der Waals surface area contributed by atoms with Crippen molar-refractivity contribution < 1.29 is 4.79 Å². The zero-order valence-electron chi connectivity index (χ0n) is 12.1. The van der Waals surface area contributed by atoms with E-state index in [2.05, 4.69) is 30.5 Å². The van der Waals surface area contributed by atoms with E-state index in [4.69, 9.17) is 17.3 Å². The van der Waals surface area contributed by atoms with Gasteiger partial charge in [0.15, 0.2) is 0 Å². The van der Waals surface area contributed by atoms with Crippen LogP contribution in [-0.4, -0.2) is 21.9 Å². The number of carbonyl (C=O) groups is 1. The minimum absolute atomic E-state index is 0.00373. The third-order valence-corrected chi connectivity index (χ3v) is 4.54. The molecule has 21 heavy (non-hydrogen) atoms. The fourth-order valence-corrected chi connectivity index (χ4v) is 3.06. The van der Waals surface area contributed by atoms with Crippen LogP contribution in [0.1, 0.15) is 34.7 Å². The Balaban J connectivity index is 1.91. The van der Waals surface area contributed by atoms with Gasteiger partial charge in [-0.1, -0.05) is 11.6 Å². The number of nitrogens with zero attached hydrogens (tertiary/aromatic N) is 2. The number of halogens is 1. The first-order valence-electron chi connectivity index (χ1n) is 7.01. The molecule has 0 aliphatic carbocycles. The van der Waals surface area contributed by atoms with Crippen molar-refractivity contribution in [3.63, 3.8) is 0 Å². The Hall–Kier alpha value is -1.94. The molecule has 2 heterocycles. The van der Waals surface area contributed by atoms with Crippen molar-refractivity contribution in [2.24, 2.45) is 0 Å². The van der Waals surface area contributed by atoms with Gasteiger partial charge < -0.3 is 15.2 Å². The van der Waals surface area contributed by atoms with Crippen molar-refractivity contribution in [3.8, 4) is 0 Å². The van der Waals surface area contributed by atoms with E-state index >= 15 is 0 Å². The average molecular weight is 304 g/mol. The zero-order chi connectivity index (χ0) is 15.1. The van der Waals surface area contributed by atoms with Crippen LogP contribution in [0.2, 0.25) is 5.02 Å². The summed E-state index contributed by atoms with van der Waals surface area (Å²) in [6, 6.07) is 9.29. The van der Waals surface area contributed by atoms with E-state index in [1.807, 2.05) is 4.90 Å². The molecule has 0 bridgehead atoms. The minimum atomic E-state index is -0.00373. The first-order valence-corrected chi connectivity index (χ1v) is 7.39. The van der Waals surface area contributed by atoms with E-state index in [9.17, 15) is 4.79 Å². The summed E-state index contributed by atoms with van der Waals surface area (Å²) in [5.74, 6) is -0.00373. The number of aryl methyl sites for hydroxylation is 1. The maximum absolute atomic E-state index is 12.7. The first kappa shape index (κ1) is 14.0. The van der Waals surface area contributed by atoms with Crippen molar-refractivity contribution in [2.75, 3.05) is 12.3 Å². The number of carbonyl (C=O) groups excluding carboxylic acids is 1. The summed E-state index contributed by atoms with van der Waals surface area (Å²) in [4.78, 5) is 14.6. The largest absolute Gasteiger partial charge is 0.398 e. The Kier molecular flexibility index (Phi) is 3.41. The van der Waals surface area contributed by atoms with Crippen LogP contribution in [0.3, 0.4) is 0 Å². The maximum Gasteiger partial charge on any atom is 0.254 e. The Bertz CT molecular complexity index is 708. The van der Waals surface area contributed by atoms with Gasteiger partial charge in [-0.15, -0.1) is 0 Å². The van der Waals surface area contributed by atoms with Crippen molar-refractivity contribution in [1.82, 2.24) is 9.47 Å². The molecule has 1 aromatic heterocycles. The molecule has 0 saturated heterocycles. The molecule has 4 nitrogen and oxygen atoms in total. The highest BCUT2D eigenvalue weighted by Gasteiger charge is 2.29. The van der Waals surface area contributed by atoms with Crippen LogP contribution >= 0.6 is 11.6 Å². The molecule has 2 N–H and O–H groups in total. The molecule has 1 amide bonds. The van der Waals surface area contributed by atoms with Gasteiger partial charge in [-0.2, -0.15) is 0 Å². The lowest BCUT2D eigenvalue weighted by atomic mass is 10.1. The molecule has 3 rings (SSSR count). The lowest BCUT2D eigenvalue weighted by molar-refractivity contribution is 0.0643. The summed E-state index contributed by atoms with van der Waals surface area (Å²) in [5.41, 5.74) is 9.23. The van der Waals surface area contributed by atoms with Crippen LogP contribution in [0.4, 0.5) is 5.69 Å². The lowest BCUT2D eigenvalue weighted by Crippen LogP contribution is -2.41. The molecule has 0 spiro atoms. The van der Waals surface area contributed by atoms with E-state index in [0.29, 0.717) is 22.8 Å². The van der Waals surface area contributed by atoms with Crippen LogP contribution in [-0.2, 0) is 6.54 Å². The Morgan fingerprint density at radius 2 is 2.05 bits per heavy atom. The number of hydrogen-bond acceptors (Lipinski definition) is 2. The Morgan fingerprint density at radius 3 is 2.76 bits per heavy atom. The summed E-state index contributed by atoms with van der Waals surface area (Å²) < 4.78 is 2.27. The SMILES string of the molecule is Cc1ccc2n1CCN(C(=O)c1ccc(Cl)c(N)c1)C2C. The molecular formula is C16H18ClN3O. The Labute approximate surface area is 129 Å². The molecule has 1 atom stereocenters. The number of rotatable bonds is 1. The van der Waals surface area contributed by atoms with Crippen LogP contribution in [0.15, 0.2) is 30.3 Å². The second-order valence-electron chi connectivity index (χ2n) is 5.46. The third kappa shape index (κ3) is 2.29. The average Bonchev–Trinajstić information content (AvgIpc) is 2.84. The van der Waals surface area contributed by atoms with E-state index in [1.54, 1.807) is 18.2 Å². The lowest BCUT2D eigenvalue weighted by Gasteiger charge is -2.35. The topological polar surface area (TPSA) is 51.3 Å².